The summed E-state index contributed by atoms with van der Waals surface area (Å²) in [4.78, 5) is 12.2. The van der Waals surface area contributed by atoms with Gasteiger partial charge in [0.1, 0.15) is 6.54 Å². The number of hydrogen-bond acceptors (Lipinski definition) is 3. The summed E-state index contributed by atoms with van der Waals surface area (Å²) in [5, 5.41) is 3.12. The maximum absolute atomic E-state index is 12.2. The minimum Gasteiger partial charge on any atom is -0.324 e. The molecule has 0 spiro atoms. The van der Waals surface area contributed by atoms with Crippen LogP contribution in [0.15, 0.2) is 48.5 Å². The molecular formula is C16H17ClN2O3S. The van der Waals surface area contributed by atoms with Gasteiger partial charge >= 0.3 is 0 Å². The first-order valence-electron chi connectivity index (χ1n) is 6.86. The fraction of sp³-hybridized carbons (Fsp3) is 0.188. The lowest BCUT2D eigenvalue weighted by molar-refractivity contribution is -0.114. The third-order valence-corrected chi connectivity index (χ3v) is 4.58. The van der Waals surface area contributed by atoms with Gasteiger partial charge in [-0.2, -0.15) is 0 Å². The molecule has 0 fully saturated rings. The summed E-state index contributed by atoms with van der Waals surface area (Å²) >= 11 is 5.90. The lowest BCUT2D eigenvalue weighted by atomic mass is 10.2. The number of amides is 1. The van der Waals surface area contributed by atoms with Crippen LogP contribution in [-0.4, -0.2) is 27.1 Å². The second kappa shape index (κ2) is 7.02. The monoisotopic (exact) mass is 352 g/mol. The van der Waals surface area contributed by atoms with Crippen molar-refractivity contribution in [3.05, 3.63) is 59.1 Å². The maximum atomic E-state index is 12.2. The molecule has 2 rings (SSSR count). The molecular weight excluding hydrogens is 336 g/mol. The van der Waals surface area contributed by atoms with E-state index in [2.05, 4.69) is 5.32 Å². The Morgan fingerprint density at radius 2 is 1.87 bits per heavy atom. The number of benzene rings is 2. The predicted molar refractivity (Wildman–Crippen MR) is 93.5 cm³/mol. The second-order valence-corrected chi connectivity index (χ2v) is 7.46. The topological polar surface area (TPSA) is 66.5 Å². The fourth-order valence-electron chi connectivity index (χ4n) is 2.06. The van der Waals surface area contributed by atoms with Crippen molar-refractivity contribution in [3.8, 4) is 0 Å². The Morgan fingerprint density at radius 1 is 1.17 bits per heavy atom. The van der Waals surface area contributed by atoms with Crippen LogP contribution in [0.4, 0.5) is 11.4 Å². The minimum absolute atomic E-state index is 0.326. The molecule has 1 amide bonds. The molecule has 0 aliphatic rings. The molecule has 0 saturated heterocycles. The number of hydrogen-bond donors (Lipinski definition) is 1. The van der Waals surface area contributed by atoms with E-state index in [9.17, 15) is 13.2 Å². The Balaban J connectivity index is 2.22. The Morgan fingerprint density at radius 3 is 2.48 bits per heavy atom. The normalized spacial score (nSPS) is 11.1. The zero-order chi connectivity index (χ0) is 17.0. The van der Waals surface area contributed by atoms with Gasteiger partial charge < -0.3 is 5.32 Å². The van der Waals surface area contributed by atoms with E-state index in [1.165, 1.54) is 6.07 Å². The van der Waals surface area contributed by atoms with Crippen LogP contribution in [0.5, 0.6) is 0 Å². The number of carbonyl (C=O) groups excluding carboxylic acids is 1. The molecule has 7 heteroatoms. The van der Waals surface area contributed by atoms with Crippen LogP contribution in [0.3, 0.4) is 0 Å². The summed E-state index contributed by atoms with van der Waals surface area (Å²) < 4.78 is 25.0. The summed E-state index contributed by atoms with van der Waals surface area (Å²) in [5.41, 5.74) is 1.89. The van der Waals surface area contributed by atoms with E-state index in [-0.39, 0.29) is 6.54 Å². The number of nitrogens with one attached hydrogen (secondary N) is 1. The van der Waals surface area contributed by atoms with E-state index in [0.717, 1.165) is 16.1 Å². The van der Waals surface area contributed by atoms with Gasteiger partial charge in [0.15, 0.2) is 0 Å². The molecule has 1 N–H and O–H groups in total. The SMILES string of the molecule is Cc1ccccc1NC(=O)CN(c1cccc(Cl)c1)S(C)(=O)=O. The molecule has 0 aromatic heterocycles. The van der Waals surface area contributed by atoms with Crippen LogP contribution in [0.25, 0.3) is 0 Å². The molecule has 0 aliphatic carbocycles. The maximum Gasteiger partial charge on any atom is 0.245 e. The number of carbonyl (C=O) groups is 1. The predicted octanol–water partition coefficient (Wildman–Crippen LogP) is 3.05. The smallest absolute Gasteiger partial charge is 0.245 e. The molecule has 0 aliphatic heterocycles. The first-order chi connectivity index (χ1) is 10.8. The Hall–Kier alpha value is -2.05. The molecule has 0 radical (unpaired) electrons. The van der Waals surface area contributed by atoms with Crippen molar-refractivity contribution in [1.82, 2.24) is 0 Å². The summed E-state index contributed by atoms with van der Waals surface area (Å²) in [6, 6.07) is 13.7. The van der Waals surface area contributed by atoms with E-state index in [4.69, 9.17) is 11.6 Å². The molecule has 0 saturated carbocycles. The van der Waals surface area contributed by atoms with Gasteiger partial charge in [0, 0.05) is 10.7 Å². The van der Waals surface area contributed by atoms with Gasteiger partial charge in [0.25, 0.3) is 0 Å². The van der Waals surface area contributed by atoms with Crippen molar-refractivity contribution in [2.24, 2.45) is 0 Å². The molecule has 0 unspecified atom stereocenters. The summed E-state index contributed by atoms with van der Waals surface area (Å²) in [6.07, 6.45) is 1.05. The molecule has 0 bridgehead atoms. The van der Waals surface area contributed by atoms with E-state index < -0.39 is 15.9 Å². The van der Waals surface area contributed by atoms with Crippen molar-refractivity contribution in [2.75, 3.05) is 22.4 Å². The van der Waals surface area contributed by atoms with E-state index >= 15 is 0 Å². The highest BCUT2D eigenvalue weighted by atomic mass is 35.5. The largest absolute Gasteiger partial charge is 0.324 e. The van der Waals surface area contributed by atoms with Crippen molar-refractivity contribution in [1.29, 1.82) is 0 Å². The highest BCUT2D eigenvalue weighted by Gasteiger charge is 2.21. The molecule has 2 aromatic rings. The standard InChI is InChI=1S/C16H17ClN2O3S/c1-12-6-3-4-9-15(12)18-16(20)11-19(23(2,21)22)14-8-5-7-13(17)10-14/h3-10H,11H2,1-2H3,(H,18,20). The number of nitrogens with zero attached hydrogens (tertiary/aromatic N) is 1. The lowest BCUT2D eigenvalue weighted by Gasteiger charge is -2.22. The molecule has 23 heavy (non-hydrogen) atoms. The van der Waals surface area contributed by atoms with Gasteiger partial charge in [-0.15, -0.1) is 0 Å². The number of para-hydroxylation sites is 1. The highest BCUT2D eigenvalue weighted by molar-refractivity contribution is 7.92. The summed E-state index contributed by atoms with van der Waals surface area (Å²) in [6.45, 7) is 1.54. The van der Waals surface area contributed by atoms with Crippen LogP contribution in [0.1, 0.15) is 5.56 Å². The number of sulfonamides is 1. The van der Waals surface area contributed by atoms with Gasteiger partial charge in [0.2, 0.25) is 15.9 Å². The van der Waals surface area contributed by atoms with Gasteiger partial charge in [-0.05, 0) is 36.8 Å². The number of halogens is 1. The van der Waals surface area contributed by atoms with Crippen molar-refractivity contribution in [2.45, 2.75) is 6.92 Å². The molecule has 0 atom stereocenters. The first-order valence-corrected chi connectivity index (χ1v) is 9.09. The third kappa shape index (κ3) is 4.71. The van der Waals surface area contributed by atoms with Gasteiger partial charge in [0.05, 0.1) is 11.9 Å². The quantitative estimate of drug-likeness (QED) is 0.899. The zero-order valence-corrected chi connectivity index (χ0v) is 14.4. The average molecular weight is 353 g/mol. The van der Waals surface area contributed by atoms with Crippen LogP contribution in [-0.2, 0) is 14.8 Å². The lowest BCUT2D eigenvalue weighted by Crippen LogP contribution is -2.37. The second-order valence-electron chi connectivity index (χ2n) is 5.11. The van der Waals surface area contributed by atoms with Crippen LogP contribution in [0.2, 0.25) is 5.02 Å². The number of aryl methyl sites for hydroxylation is 1. The molecule has 122 valence electrons. The van der Waals surface area contributed by atoms with E-state index in [1.54, 1.807) is 30.3 Å². The molecule has 0 heterocycles. The van der Waals surface area contributed by atoms with E-state index in [0.29, 0.717) is 16.4 Å². The minimum atomic E-state index is -3.62. The zero-order valence-electron chi connectivity index (χ0n) is 12.8. The van der Waals surface area contributed by atoms with Crippen molar-refractivity contribution < 1.29 is 13.2 Å². The first kappa shape index (κ1) is 17.3. The number of rotatable bonds is 5. The molecule has 2 aromatic carbocycles. The van der Waals surface area contributed by atoms with Crippen LogP contribution < -0.4 is 9.62 Å². The van der Waals surface area contributed by atoms with Crippen LogP contribution >= 0.6 is 11.6 Å². The Labute approximate surface area is 140 Å². The van der Waals surface area contributed by atoms with Crippen LogP contribution in [0, 0.1) is 6.92 Å². The number of anilines is 2. The fourth-order valence-corrected chi connectivity index (χ4v) is 3.10. The Bertz CT molecular complexity index is 822. The Kier molecular flexibility index (Phi) is 5.28. The molecule has 5 nitrogen and oxygen atoms in total. The van der Waals surface area contributed by atoms with E-state index in [1.807, 2.05) is 19.1 Å². The van der Waals surface area contributed by atoms with Gasteiger partial charge in [-0.1, -0.05) is 35.9 Å². The summed E-state index contributed by atoms with van der Waals surface area (Å²) in [7, 11) is -3.62. The van der Waals surface area contributed by atoms with Crippen molar-refractivity contribution in [3.63, 3.8) is 0 Å². The average Bonchev–Trinajstić information content (AvgIpc) is 2.46. The van der Waals surface area contributed by atoms with Gasteiger partial charge in [-0.3, -0.25) is 9.10 Å². The third-order valence-electron chi connectivity index (χ3n) is 3.20. The summed E-state index contributed by atoms with van der Waals surface area (Å²) in [5.74, 6) is -0.426. The highest BCUT2D eigenvalue weighted by Crippen LogP contribution is 2.22. The van der Waals surface area contributed by atoms with Crippen molar-refractivity contribution >= 4 is 38.9 Å². The van der Waals surface area contributed by atoms with Gasteiger partial charge in [-0.25, -0.2) is 8.42 Å².